The Morgan fingerprint density at radius 3 is 2.40 bits per heavy atom. The highest BCUT2D eigenvalue weighted by atomic mass is 16.6. The second-order valence-electron chi connectivity index (χ2n) is 3.45. The van der Waals surface area contributed by atoms with Gasteiger partial charge < -0.3 is 9.47 Å². The van der Waals surface area contributed by atoms with Crippen LogP contribution in [0, 0.1) is 5.92 Å². The highest BCUT2D eigenvalue weighted by molar-refractivity contribution is 5.84. The Morgan fingerprint density at radius 2 is 1.73 bits per heavy atom. The van der Waals surface area contributed by atoms with Crippen LogP contribution in [0.4, 0.5) is 0 Å². The number of esters is 2. The number of carbonyl (C=O) groups is 2. The van der Waals surface area contributed by atoms with Gasteiger partial charge in [0.2, 0.25) is 0 Å². The largest absolute Gasteiger partial charge is 0.422 e. The van der Waals surface area contributed by atoms with E-state index in [0.29, 0.717) is 11.5 Å². The molecule has 0 fully saturated rings. The summed E-state index contributed by atoms with van der Waals surface area (Å²) in [4.78, 5) is 22.8. The van der Waals surface area contributed by atoms with Gasteiger partial charge in [0.25, 0.3) is 0 Å². The Morgan fingerprint density at radius 1 is 1.13 bits per heavy atom. The fourth-order valence-electron chi connectivity index (χ4n) is 1.33. The number of carbonyl (C=O) groups excluding carboxylic acids is 2. The first-order valence-corrected chi connectivity index (χ1v) is 4.68. The van der Waals surface area contributed by atoms with Crippen LogP contribution in [0.15, 0.2) is 24.3 Å². The Balaban J connectivity index is 2.38. The fraction of sp³-hybridized carbons (Fsp3) is 0.273. The van der Waals surface area contributed by atoms with Gasteiger partial charge in [0.15, 0.2) is 11.5 Å². The number of hydrogen-bond acceptors (Lipinski definition) is 4. The molecule has 1 aromatic rings. The van der Waals surface area contributed by atoms with E-state index in [0.717, 1.165) is 0 Å². The number of para-hydroxylation sites is 2. The Hall–Kier alpha value is -1.84. The summed E-state index contributed by atoms with van der Waals surface area (Å²) in [7, 11) is 0. The van der Waals surface area contributed by atoms with Crippen molar-refractivity contribution in [3.05, 3.63) is 24.3 Å². The second-order valence-corrected chi connectivity index (χ2v) is 3.45. The molecule has 1 aliphatic heterocycles. The first kappa shape index (κ1) is 9.71. The van der Waals surface area contributed by atoms with E-state index in [9.17, 15) is 9.59 Å². The third-order valence-corrected chi connectivity index (χ3v) is 2.16. The number of benzene rings is 1. The maximum atomic E-state index is 11.4. The van der Waals surface area contributed by atoms with Gasteiger partial charge in [-0.25, -0.2) is 0 Å². The minimum atomic E-state index is -0.467. The van der Waals surface area contributed by atoms with Gasteiger partial charge in [-0.2, -0.15) is 0 Å². The standard InChI is InChI=1S/C11H10O4/c1-7-6-10(12)14-8-4-2-3-5-9(8)15-11(7)13/h2-5,7H,6H2,1H3. The van der Waals surface area contributed by atoms with Crippen LogP contribution in [0.5, 0.6) is 11.5 Å². The molecular formula is C11H10O4. The van der Waals surface area contributed by atoms with Gasteiger partial charge in [0.05, 0.1) is 12.3 Å². The van der Waals surface area contributed by atoms with Gasteiger partial charge in [-0.1, -0.05) is 19.1 Å². The van der Waals surface area contributed by atoms with Crippen molar-refractivity contribution in [3.8, 4) is 11.5 Å². The first-order chi connectivity index (χ1) is 7.16. The zero-order valence-corrected chi connectivity index (χ0v) is 8.23. The molecular weight excluding hydrogens is 196 g/mol. The molecule has 1 atom stereocenters. The van der Waals surface area contributed by atoms with Gasteiger partial charge >= 0.3 is 11.9 Å². The molecule has 0 amide bonds. The van der Waals surface area contributed by atoms with Gasteiger partial charge in [-0.05, 0) is 12.1 Å². The molecule has 15 heavy (non-hydrogen) atoms. The number of ether oxygens (including phenoxy) is 2. The highest BCUT2D eigenvalue weighted by Gasteiger charge is 2.25. The van der Waals surface area contributed by atoms with Crippen molar-refractivity contribution in [1.29, 1.82) is 0 Å². The minimum Gasteiger partial charge on any atom is -0.422 e. The van der Waals surface area contributed by atoms with Gasteiger partial charge in [-0.3, -0.25) is 9.59 Å². The zero-order chi connectivity index (χ0) is 10.8. The van der Waals surface area contributed by atoms with E-state index in [4.69, 9.17) is 9.47 Å². The van der Waals surface area contributed by atoms with Crippen LogP contribution in [-0.4, -0.2) is 11.9 Å². The maximum Gasteiger partial charge on any atom is 0.314 e. The molecule has 0 radical (unpaired) electrons. The molecule has 0 N–H and O–H groups in total. The number of hydrogen-bond donors (Lipinski definition) is 0. The lowest BCUT2D eigenvalue weighted by Crippen LogP contribution is -2.25. The van der Waals surface area contributed by atoms with Gasteiger partial charge in [0, 0.05) is 0 Å². The maximum absolute atomic E-state index is 11.4. The molecule has 2 rings (SSSR count). The molecule has 1 heterocycles. The molecule has 0 bridgehead atoms. The van der Waals surface area contributed by atoms with E-state index in [1.165, 1.54) is 0 Å². The molecule has 0 aliphatic carbocycles. The van der Waals surface area contributed by atoms with Crippen LogP contribution in [0.1, 0.15) is 13.3 Å². The van der Waals surface area contributed by atoms with E-state index < -0.39 is 17.9 Å². The molecule has 78 valence electrons. The SMILES string of the molecule is CC1CC(=O)Oc2ccccc2OC1=O. The molecule has 4 heteroatoms. The summed E-state index contributed by atoms with van der Waals surface area (Å²) in [6, 6.07) is 6.62. The van der Waals surface area contributed by atoms with Crippen LogP contribution in [0.3, 0.4) is 0 Å². The molecule has 0 spiro atoms. The predicted molar refractivity (Wildman–Crippen MR) is 51.5 cm³/mol. The summed E-state index contributed by atoms with van der Waals surface area (Å²) in [5.41, 5.74) is 0. The molecule has 0 saturated carbocycles. The lowest BCUT2D eigenvalue weighted by molar-refractivity contribution is -0.146. The average Bonchev–Trinajstić information content (AvgIpc) is 2.19. The lowest BCUT2D eigenvalue weighted by Gasteiger charge is -2.16. The Bertz CT molecular complexity index is 411. The van der Waals surface area contributed by atoms with Crippen molar-refractivity contribution in [2.45, 2.75) is 13.3 Å². The summed E-state index contributed by atoms with van der Waals surface area (Å²) in [6.45, 7) is 1.64. The number of rotatable bonds is 0. The monoisotopic (exact) mass is 206 g/mol. The van der Waals surface area contributed by atoms with E-state index in [1.54, 1.807) is 31.2 Å². The van der Waals surface area contributed by atoms with Crippen molar-refractivity contribution in [1.82, 2.24) is 0 Å². The molecule has 4 nitrogen and oxygen atoms in total. The second kappa shape index (κ2) is 3.73. The zero-order valence-electron chi connectivity index (χ0n) is 8.23. The normalized spacial score (nSPS) is 20.7. The van der Waals surface area contributed by atoms with E-state index >= 15 is 0 Å². The van der Waals surface area contributed by atoms with Crippen molar-refractivity contribution in [3.63, 3.8) is 0 Å². The molecule has 0 aromatic heterocycles. The van der Waals surface area contributed by atoms with Crippen molar-refractivity contribution in [2.24, 2.45) is 5.92 Å². The topological polar surface area (TPSA) is 52.6 Å². The summed E-state index contributed by atoms with van der Waals surface area (Å²) in [6.07, 6.45) is 0.0488. The van der Waals surface area contributed by atoms with E-state index in [-0.39, 0.29) is 6.42 Å². The van der Waals surface area contributed by atoms with Crippen LogP contribution < -0.4 is 9.47 Å². The van der Waals surface area contributed by atoms with Crippen molar-refractivity contribution in [2.75, 3.05) is 0 Å². The molecule has 1 aliphatic rings. The van der Waals surface area contributed by atoms with E-state index in [1.807, 2.05) is 0 Å². The van der Waals surface area contributed by atoms with Crippen LogP contribution in [0.2, 0.25) is 0 Å². The summed E-state index contributed by atoms with van der Waals surface area (Å²) >= 11 is 0. The van der Waals surface area contributed by atoms with Crippen molar-refractivity contribution >= 4 is 11.9 Å². The summed E-state index contributed by atoms with van der Waals surface area (Å²) in [5.74, 6) is -0.693. The highest BCUT2D eigenvalue weighted by Crippen LogP contribution is 2.29. The minimum absolute atomic E-state index is 0.0488. The first-order valence-electron chi connectivity index (χ1n) is 4.68. The average molecular weight is 206 g/mol. The lowest BCUT2D eigenvalue weighted by atomic mass is 10.1. The summed E-state index contributed by atoms with van der Waals surface area (Å²) in [5, 5.41) is 0. The van der Waals surface area contributed by atoms with Crippen LogP contribution in [0.25, 0.3) is 0 Å². The van der Waals surface area contributed by atoms with Crippen LogP contribution in [-0.2, 0) is 9.59 Å². The van der Waals surface area contributed by atoms with Gasteiger partial charge in [-0.15, -0.1) is 0 Å². The summed E-state index contributed by atoms with van der Waals surface area (Å²) < 4.78 is 10.1. The quantitative estimate of drug-likeness (QED) is 0.477. The Kier molecular flexibility index (Phi) is 2.41. The van der Waals surface area contributed by atoms with Crippen LogP contribution >= 0.6 is 0 Å². The molecule has 1 aromatic carbocycles. The Labute approximate surface area is 86.8 Å². The predicted octanol–water partition coefficient (Wildman–Crippen LogP) is 1.54. The smallest absolute Gasteiger partial charge is 0.314 e. The third-order valence-electron chi connectivity index (χ3n) is 2.16. The number of fused-ring (bicyclic) bond motifs is 1. The van der Waals surface area contributed by atoms with Crippen molar-refractivity contribution < 1.29 is 19.1 Å². The fourth-order valence-corrected chi connectivity index (χ4v) is 1.33. The third kappa shape index (κ3) is 1.98. The molecule has 0 saturated heterocycles. The van der Waals surface area contributed by atoms with E-state index in [2.05, 4.69) is 0 Å². The molecule has 1 unspecified atom stereocenters. The van der Waals surface area contributed by atoms with Gasteiger partial charge in [0.1, 0.15) is 0 Å².